The summed E-state index contributed by atoms with van der Waals surface area (Å²) in [5, 5.41) is 12.7. The second kappa shape index (κ2) is 7.33. The van der Waals surface area contributed by atoms with E-state index in [1.54, 1.807) is 30.9 Å². The molecule has 0 spiro atoms. The van der Waals surface area contributed by atoms with E-state index < -0.39 is 11.4 Å². The highest BCUT2D eigenvalue weighted by Crippen LogP contribution is 2.33. The number of methoxy groups -OCH3 is 1. The molecule has 1 atom stereocenters. The lowest BCUT2D eigenvalue weighted by Crippen LogP contribution is -2.51. The molecule has 138 valence electrons. The van der Waals surface area contributed by atoms with Gasteiger partial charge in [-0.1, -0.05) is 12.1 Å². The summed E-state index contributed by atoms with van der Waals surface area (Å²) in [6.45, 7) is 1.52. The minimum Gasteiger partial charge on any atom is -0.497 e. The van der Waals surface area contributed by atoms with Crippen LogP contribution >= 0.6 is 0 Å². The third kappa shape index (κ3) is 3.96. The van der Waals surface area contributed by atoms with Gasteiger partial charge in [-0.25, -0.2) is 0 Å². The van der Waals surface area contributed by atoms with E-state index in [0.717, 1.165) is 24.2 Å². The number of carbonyl (C=O) groups is 1. The summed E-state index contributed by atoms with van der Waals surface area (Å²) < 4.78 is 6.76. The number of hydrogen-bond acceptors (Lipinski definition) is 4. The lowest BCUT2D eigenvalue weighted by atomic mass is 9.93. The SMILES string of the molecule is COc1ccc(CC(C)(CO)NC(=O)c2cccn(C3CC3)c2=O)cc1. The largest absolute Gasteiger partial charge is 0.497 e. The van der Waals surface area contributed by atoms with Gasteiger partial charge < -0.3 is 19.7 Å². The van der Waals surface area contributed by atoms with Gasteiger partial charge in [0.15, 0.2) is 0 Å². The number of nitrogens with zero attached hydrogens (tertiary/aromatic N) is 1. The van der Waals surface area contributed by atoms with Crippen LogP contribution in [0.5, 0.6) is 5.75 Å². The first kappa shape index (κ1) is 18.2. The van der Waals surface area contributed by atoms with Crippen molar-refractivity contribution in [1.82, 2.24) is 9.88 Å². The van der Waals surface area contributed by atoms with E-state index in [0.29, 0.717) is 6.42 Å². The number of carbonyl (C=O) groups excluding carboxylic acids is 1. The fourth-order valence-corrected chi connectivity index (χ4v) is 3.00. The summed E-state index contributed by atoms with van der Waals surface area (Å²) in [5.74, 6) is 0.281. The van der Waals surface area contributed by atoms with Gasteiger partial charge in [-0.15, -0.1) is 0 Å². The quantitative estimate of drug-likeness (QED) is 0.794. The molecule has 6 heteroatoms. The number of nitrogens with one attached hydrogen (secondary N) is 1. The molecule has 1 unspecified atom stereocenters. The molecule has 1 aromatic heterocycles. The number of benzene rings is 1. The fourth-order valence-electron chi connectivity index (χ4n) is 3.00. The molecule has 1 heterocycles. The third-order valence-corrected chi connectivity index (χ3v) is 4.68. The number of hydrogen-bond donors (Lipinski definition) is 2. The van der Waals surface area contributed by atoms with Gasteiger partial charge in [-0.2, -0.15) is 0 Å². The third-order valence-electron chi connectivity index (χ3n) is 4.68. The van der Waals surface area contributed by atoms with Crippen LogP contribution in [0.4, 0.5) is 0 Å². The topological polar surface area (TPSA) is 80.6 Å². The van der Waals surface area contributed by atoms with Crippen molar-refractivity contribution in [3.8, 4) is 5.75 Å². The molecule has 0 bridgehead atoms. The van der Waals surface area contributed by atoms with E-state index in [9.17, 15) is 14.7 Å². The van der Waals surface area contributed by atoms with Crippen LogP contribution in [0.2, 0.25) is 0 Å². The average Bonchev–Trinajstić information content (AvgIpc) is 3.47. The van der Waals surface area contributed by atoms with Crippen LogP contribution in [0.15, 0.2) is 47.4 Å². The molecule has 1 aromatic carbocycles. The maximum absolute atomic E-state index is 12.7. The zero-order chi connectivity index (χ0) is 18.7. The van der Waals surface area contributed by atoms with E-state index in [4.69, 9.17) is 4.74 Å². The van der Waals surface area contributed by atoms with Crippen molar-refractivity contribution < 1.29 is 14.6 Å². The van der Waals surface area contributed by atoms with Crippen molar-refractivity contribution in [3.63, 3.8) is 0 Å². The number of amides is 1. The monoisotopic (exact) mass is 356 g/mol. The Morgan fingerprint density at radius 3 is 2.58 bits per heavy atom. The van der Waals surface area contributed by atoms with Crippen LogP contribution in [-0.4, -0.2) is 34.8 Å². The van der Waals surface area contributed by atoms with Gasteiger partial charge in [0.1, 0.15) is 11.3 Å². The van der Waals surface area contributed by atoms with Gasteiger partial charge >= 0.3 is 0 Å². The maximum Gasteiger partial charge on any atom is 0.263 e. The first-order valence-electron chi connectivity index (χ1n) is 8.73. The van der Waals surface area contributed by atoms with E-state index in [1.807, 2.05) is 24.3 Å². The lowest BCUT2D eigenvalue weighted by molar-refractivity contribution is 0.0850. The van der Waals surface area contributed by atoms with Gasteiger partial charge in [-0.05, 0) is 56.0 Å². The minimum absolute atomic E-state index is 0.105. The van der Waals surface area contributed by atoms with Crippen LogP contribution < -0.4 is 15.6 Å². The standard InChI is InChI=1S/C20H24N2O4/c1-20(13-23,12-14-5-9-16(26-2)10-6-14)21-18(24)17-4-3-11-22(19(17)25)15-7-8-15/h3-6,9-11,15,23H,7-8,12-13H2,1-2H3,(H,21,24). The molecule has 1 saturated carbocycles. The lowest BCUT2D eigenvalue weighted by Gasteiger charge is -2.29. The maximum atomic E-state index is 12.7. The van der Waals surface area contributed by atoms with Crippen molar-refractivity contribution in [2.24, 2.45) is 0 Å². The summed E-state index contributed by atoms with van der Waals surface area (Å²) in [6, 6.07) is 10.9. The smallest absolute Gasteiger partial charge is 0.263 e. The Balaban J connectivity index is 1.77. The van der Waals surface area contributed by atoms with Gasteiger partial charge in [0.05, 0.1) is 19.3 Å². The molecule has 1 amide bonds. The van der Waals surface area contributed by atoms with E-state index in [1.165, 1.54) is 6.07 Å². The molecule has 3 rings (SSSR count). The second-order valence-corrected chi connectivity index (χ2v) is 7.06. The van der Waals surface area contributed by atoms with E-state index in [-0.39, 0.29) is 23.8 Å². The molecule has 6 nitrogen and oxygen atoms in total. The van der Waals surface area contributed by atoms with Crippen molar-refractivity contribution in [1.29, 1.82) is 0 Å². The highest BCUT2D eigenvalue weighted by atomic mass is 16.5. The van der Waals surface area contributed by atoms with Crippen LogP contribution in [0.3, 0.4) is 0 Å². The van der Waals surface area contributed by atoms with Crippen molar-refractivity contribution in [3.05, 3.63) is 64.1 Å². The normalized spacial score (nSPS) is 16.0. The van der Waals surface area contributed by atoms with Crippen molar-refractivity contribution in [2.45, 2.75) is 37.8 Å². The molecule has 0 radical (unpaired) electrons. The molecule has 1 fully saturated rings. The Labute approximate surface area is 152 Å². The predicted octanol–water partition coefficient (Wildman–Crippen LogP) is 1.92. The van der Waals surface area contributed by atoms with Crippen LogP contribution in [0.25, 0.3) is 0 Å². The molecular formula is C20H24N2O4. The first-order chi connectivity index (χ1) is 12.5. The average molecular weight is 356 g/mol. The van der Waals surface area contributed by atoms with Crippen LogP contribution in [0.1, 0.15) is 41.7 Å². The Kier molecular flexibility index (Phi) is 5.13. The zero-order valence-electron chi connectivity index (χ0n) is 15.1. The number of aromatic nitrogens is 1. The highest BCUT2D eigenvalue weighted by molar-refractivity contribution is 5.94. The first-order valence-corrected chi connectivity index (χ1v) is 8.73. The Morgan fingerprint density at radius 1 is 1.31 bits per heavy atom. The number of rotatable bonds is 7. The minimum atomic E-state index is -0.877. The molecule has 1 aliphatic carbocycles. The summed E-state index contributed by atoms with van der Waals surface area (Å²) in [5.41, 5.74) is -0.101. The number of aliphatic hydroxyl groups is 1. The van der Waals surface area contributed by atoms with E-state index >= 15 is 0 Å². The molecule has 0 saturated heterocycles. The Morgan fingerprint density at radius 2 is 2.00 bits per heavy atom. The summed E-state index contributed by atoms with van der Waals surface area (Å²) in [7, 11) is 1.60. The second-order valence-electron chi connectivity index (χ2n) is 7.06. The van der Waals surface area contributed by atoms with Gasteiger partial charge in [-0.3, -0.25) is 9.59 Å². The van der Waals surface area contributed by atoms with E-state index in [2.05, 4.69) is 5.32 Å². The Hall–Kier alpha value is -2.60. The number of pyridine rings is 1. The predicted molar refractivity (Wildman–Crippen MR) is 98.6 cm³/mol. The summed E-state index contributed by atoms with van der Waals surface area (Å²) in [6.07, 6.45) is 4.09. The van der Waals surface area contributed by atoms with Gasteiger partial charge in [0, 0.05) is 12.2 Å². The molecule has 0 aliphatic heterocycles. The van der Waals surface area contributed by atoms with Crippen molar-refractivity contribution in [2.75, 3.05) is 13.7 Å². The van der Waals surface area contributed by atoms with Crippen molar-refractivity contribution >= 4 is 5.91 Å². The zero-order valence-corrected chi connectivity index (χ0v) is 15.1. The Bertz CT molecular complexity index is 840. The summed E-state index contributed by atoms with van der Waals surface area (Å²) >= 11 is 0. The molecule has 2 N–H and O–H groups in total. The highest BCUT2D eigenvalue weighted by Gasteiger charge is 2.29. The van der Waals surface area contributed by atoms with Crippen LogP contribution in [-0.2, 0) is 6.42 Å². The van der Waals surface area contributed by atoms with Gasteiger partial charge in [0.25, 0.3) is 11.5 Å². The molecular weight excluding hydrogens is 332 g/mol. The molecule has 1 aliphatic rings. The number of aliphatic hydroxyl groups excluding tert-OH is 1. The fraction of sp³-hybridized carbons (Fsp3) is 0.400. The molecule has 2 aromatic rings. The summed E-state index contributed by atoms with van der Waals surface area (Å²) in [4.78, 5) is 25.2. The van der Waals surface area contributed by atoms with Gasteiger partial charge in [0.2, 0.25) is 0 Å². The van der Waals surface area contributed by atoms with Crippen LogP contribution in [0, 0.1) is 0 Å². The number of ether oxygens (including phenoxy) is 1. The molecule has 26 heavy (non-hydrogen) atoms.